The maximum Gasteiger partial charge on any atom is 0.0372 e. The first-order valence-corrected chi connectivity index (χ1v) is 7.29. The van der Waals surface area contributed by atoms with Gasteiger partial charge in [0.1, 0.15) is 0 Å². The van der Waals surface area contributed by atoms with Crippen molar-refractivity contribution in [2.24, 2.45) is 7.05 Å². The molecule has 1 aromatic carbocycles. The first-order valence-electron chi connectivity index (χ1n) is 7.29. The highest BCUT2D eigenvalue weighted by Crippen LogP contribution is 2.47. The van der Waals surface area contributed by atoms with E-state index in [0.29, 0.717) is 12.1 Å². The molecule has 0 aliphatic carbocycles. The third-order valence-electron chi connectivity index (χ3n) is 4.90. The summed E-state index contributed by atoms with van der Waals surface area (Å²) in [4.78, 5) is 2.72. The van der Waals surface area contributed by atoms with Crippen LogP contribution in [-0.4, -0.2) is 16.0 Å². The molecule has 2 unspecified atom stereocenters. The Morgan fingerprint density at radius 3 is 2.63 bits per heavy atom. The van der Waals surface area contributed by atoms with E-state index in [1.54, 1.807) is 11.3 Å². The van der Waals surface area contributed by atoms with Crippen molar-refractivity contribution in [1.82, 2.24) is 9.47 Å². The van der Waals surface area contributed by atoms with Crippen LogP contribution < -0.4 is 0 Å². The van der Waals surface area contributed by atoms with E-state index < -0.39 is 0 Å². The molecule has 1 aromatic heterocycles. The molecular weight excluding hydrogens is 232 g/mol. The van der Waals surface area contributed by atoms with Crippen molar-refractivity contribution < 1.29 is 0 Å². The van der Waals surface area contributed by atoms with Crippen molar-refractivity contribution in [3.05, 3.63) is 59.4 Å². The Hall–Kier alpha value is -1.54. The van der Waals surface area contributed by atoms with Gasteiger partial charge in [-0.2, -0.15) is 0 Å². The summed E-state index contributed by atoms with van der Waals surface area (Å²) in [6.07, 6.45) is 6.02. The Balaban J connectivity index is 1.69. The second-order valence-corrected chi connectivity index (χ2v) is 5.84. The van der Waals surface area contributed by atoms with E-state index in [1.165, 1.54) is 31.4 Å². The van der Waals surface area contributed by atoms with Gasteiger partial charge in [0.15, 0.2) is 0 Å². The lowest BCUT2D eigenvalue weighted by Crippen LogP contribution is -2.33. The number of fused-ring (bicyclic) bond motifs is 3. The minimum absolute atomic E-state index is 0.625. The Kier molecular flexibility index (Phi) is 2.52. The third kappa shape index (κ3) is 1.67. The maximum atomic E-state index is 2.72. The molecule has 0 bridgehead atoms. The predicted molar refractivity (Wildman–Crippen MR) is 77.0 cm³/mol. The SMILES string of the molecule is Cn1ccc2c1CCN1C(c3ccccc3)CCC21. The smallest absolute Gasteiger partial charge is 0.0372 e. The van der Waals surface area contributed by atoms with Crippen LogP contribution in [0.4, 0.5) is 0 Å². The van der Waals surface area contributed by atoms with Gasteiger partial charge < -0.3 is 4.57 Å². The molecule has 2 aliphatic heterocycles. The largest absolute Gasteiger partial charge is 0.354 e. The lowest BCUT2D eigenvalue weighted by Gasteiger charge is -2.34. The van der Waals surface area contributed by atoms with Gasteiger partial charge >= 0.3 is 0 Å². The highest BCUT2D eigenvalue weighted by atomic mass is 15.2. The fourth-order valence-corrected chi connectivity index (χ4v) is 3.98. The molecular formula is C17H20N2. The van der Waals surface area contributed by atoms with E-state index in [2.05, 4.69) is 59.1 Å². The van der Waals surface area contributed by atoms with Crippen LogP contribution >= 0.6 is 0 Å². The highest BCUT2D eigenvalue weighted by molar-refractivity contribution is 5.32. The maximum absolute atomic E-state index is 2.72. The van der Waals surface area contributed by atoms with Crippen LogP contribution in [0.5, 0.6) is 0 Å². The number of aromatic nitrogens is 1. The molecule has 0 amide bonds. The molecule has 2 atom stereocenters. The lowest BCUT2D eigenvalue weighted by molar-refractivity contribution is 0.182. The van der Waals surface area contributed by atoms with Crippen molar-refractivity contribution in [3.8, 4) is 0 Å². The molecule has 2 aromatic rings. The number of hydrogen-bond acceptors (Lipinski definition) is 1. The molecule has 1 fully saturated rings. The molecule has 1 saturated heterocycles. The quantitative estimate of drug-likeness (QED) is 0.754. The second kappa shape index (κ2) is 4.24. The molecule has 19 heavy (non-hydrogen) atoms. The van der Waals surface area contributed by atoms with Gasteiger partial charge in [0.05, 0.1) is 0 Å². The molecule has 0 saturated carbocycles. The molecule has 2 heteroatoms. The number of rotatable bonds is 1. The zero-order valence-corrected chi connectivity index (χ0v) is 11.4. The predicted octanol–water partition coefficient (Wildman–Crippen LogP) is 3.46. The molecule has 2 nitrogen and oxygen atoms in total. The Morgan fingerprint density at radius 2 is 1.79 bits per heavy atom. The van der Waals surface area contributed by atoms with E-state index in [1.807, 2.05) is 0 Å². The molecule has 98 valence electrons. The third-order valence-corrected chi connectivity index (χ3v) is 4.90. The number of nitrogens with zero attached hydrogens (tertiary/aromatic N) is 2. The summed E-state index contributed by atoms with van der Waals surface area (Å²) < 4.78 is 2.31. The summed E-state index contributed by atoms with van der Waals surface area (Å²) in [5.74, 6) is 0. The fourth-order valence-electron chi connectivity index (χ4n) is 3.98. The van der Waals surface area contributed by atoms with Gasteiger partial charge in [-0.1, -0.05) is 30.3 Å². The van der Waals surface area contributed by atoms with Crippen molar-refractivity contribution in [2.45, 2.75) is 31.3 Å². The summed E-state index contributed by atoms with van der Waals surface area (Å²) in [6.45, 7) is 1.20. The van der Waals surface area contributed by atoms with E-state index in [0.717, 1.165) is 0 Å². The van der Waals surface area contributed by atoms with Gasteiger partial charge in [-0.15, -0.1) is 0 Å². The summed E-state index contributed by atoms with van der Waals surface area (Å²) in [5, 5.41) is 0. The number of aryl methyl sites for hydroxylation is 1. The number of hydrogen-bond donors (Lipinski definition) is 0. The van der Waals surface area contributed by atoms with Crippen molar-refractivity contribution >= 4 is 0 Å². The molecule has 0 N–H and O–H groups in total. The summed E-state index contributed by atoms with van der Waals surface area (Å²) in [6, 6.07) is 14.6. The normalized spacial score (nSPS) is 26.2. The van der Waals surface area contributed by atoms with Gasteiger partial charge in [-0.05, 0) is 30.0 Å². The zero-order chi connectivity index (χ0) is 12.8. The monoisotopic (exact) mass is 252 g/mol. The van der Waals surface area contributed by atoms with Crippen LogP contribution in [0, 0.1) is 0 Å². The molecule has 2 aliphatic rings. The fraction of sp³-hybridized carbons (Fsp3) is 0.412. The van der Waals surface area contributed by atoms with E-state index in [-0.39, 0.29) is 0 Å². The zero-order valence-electron chi connectivity index (χ0n) is 11.4. The number of benzene rings is 1. The summed E-state index contributed by atoms with van der Waals surface area (Å²) >= 11 is 0. The highest BCUT2D eigenvalue weighted by Gasteiger charge is 2.38. The van der Waals surface area contributed by atoms with E-state index >= 15 is 0 Å². The lowest BCUT2D eigenvalue weighted by atomic mass is 9.99. The standard InChI is InChI=1S/C17H20N2/c1-18-11-9-14-16(18)10-12-19-15(7-8-17(14)19)13-5-3-2-4-6-13/h2-6,9,11,15,17H,7-8,10,12H2,1H3. The van der Waals surface area contributed by atoms with E-state index in [9.17, 15) is 0 Å². The first-order chi connectivity index (χ1) is 9.34. The molecule has 0 spiro atoms. The van der Waals surface area contributed by atoms with Crippen LogP contribution in [0.1, 0.15) is 41.7 Å². The minimum atomic E-state index is 0.625. The molecule has 0 radical (unpaired) electrons. The van der Waals surface area contributed by atoms with Gasteiger partial charge in [0.25, 0.3) is 0 Å². The molecule has 4 rings (SSSR count). The van der Waals surface area contributed by atoms with Crippen LogP contribution in [0.2, 0.25) is 0 Å². The van der Waals surface area contributed by atoms with Gasteiger partial charge in [-0.3, -0.25) is 4.90 Å². The van der Waals surface area contributed by atoms with Crippen LogP contribution in [-0.2, 0) is 13.5 Å². The Labute approximate surface area is 114 Å². The van der Waals surface area contributed by atoms with Crippen molar-refractivity contribution in [2.75, 3.05) is 6.54 Å². The average molecular weight is 252 g/mol. The van der Waals surface area contributed by atoms with Crippen LogP contribution in [0.15, 0.2) is 42.6 Å². The average Bonchev–Trinajstić information content (AvgIpc) is 3.03. The topological polar surface area (TPSA) is 8.17 Å². The van der Waals surface area contributed by atoms with Crippen LogP contribution in [0.25, 0.3) is 0 Å². The van der Waals surface area contributed by atoms with Gasteiger partial charge in [0.2, 0.25) is 0 Å². The summed E-state index contributed by atoms with van der Waals surface area (Å²) in [5.41, 5.74) is 4.62. The summed E-state index contributed by atoms with van der Waals surface area (Å²) in [7, 11) is 2.18. The van der Waals surface area contributed by atoms with Crippen molar-refractivity contribution in [3.63, 3.8) is 0 Å². The van der Waals surface area contributed by atoms with Crippen molar-refractivity contribution in [1.29, 1.82) is 0 Å². The minimum Gasteiger partial charge on any atom is -0.354 e. The van der Waals surface area contributed by atoms with E-state index in [4.69, 9.17) is 0 Å². The van der Waals surface area contributed by atoms with Gasteiger partial charge in [0, 0.05) is 44.0 Å². The Bertz CT molecular complexity index is 585. The van der Waals surface area contributed by atoms with Gasteiger partial charge in [-0.25, -0.2) is 0 Å². The first kappa shape index (κ1) is 11.3. The Morgan fingerprint density at radius 1 is 1.00 bits per heavy atom. The van der Waals surface area contributed by atoms with Crippen LogP contribution in [0.3, 0.4) is 0 Å². The molecule has 3 heterocycles. The second-order valence-electron chi connectivity index (χ2n) is 5.84.